The van der Waals surface area contributed by atoms with Crippen LogP contribution < -0.4 is 9.64 Å². The number of ketones is 1. The van der Waals surface area contributed by atoms with Crippen molar-refractivity contribution in [2.24, 2.45) is 0 Å². The first-order valence-electron chi connectivity index (χ1n) is 11.1. The van der Waals surface area contributed by atoms with E-state index in [-0.39, 0.29) is 5.78 Å². The number of methoxy groups -OCH3 is 1. The van der Waals surface area contributed by atoms with E-state index in [2.05, 4.69) is 51.1 Å². The van der Waals surface area contributed by atoms with Crippen molar-refractivity contribution in [1.29, 1.82) is 0 Å². The van der Waals surface area contributed by atoms with Crippen LogP contribution in [0.25, 0.3) is 0 Å². The molecule has 6 heteroatoms. The van der Waals surface area contributed by atoms with E-state index < -0.39 is 0 Å². The van der Waals surface area contributed by atoms with Gasteiger partial charge in [-0.15, -0.1) is 0 Å². The van der Waals surface area contributed by atoms with E-state index in [1.54, 1.807) is 13.4 Å². The first kappa shape index (κ1) is 22.0. The van der Waals surface area contributed by atoms with E-state index in [9.17, 15) is 4.79 Å². The second-order valence-electron chi connectivity index (χ2n) is 8.38. The van der Waals surface area contributed by atoms with E-state index in [4.69, 9.17) is 4.74 Å². The molecule has 4 rings (SSSR count). The summed E-state index contributed by atoms with van der Waals surface area (Å²) in [7, 11) is 3.80. The molecule has 0 spiro atoms. The van der Waals surface area contributed by atoms with Gasteiger partial charge in [-0.25, -0.2) is 9.97 Å². The number of anilines is 1. The third-order valence-electron chi connectivity index (χ3n) is 5.86. The minimum Gasteiger partial charge on any atom is -0.497 e. The van der Waals surface area contributed by atoms with Crippen molar-refractivity contribution in [2.75, 3.05) is 45.2 Å². The zero-order chi connectivity index (χ0) is 22.3. The van der Waals surface area contributed by atoms with Crippen LogP contribution in [0, 0.1) is 0 Å². The molecule has 0 N–H and O–H groups in total. The molecule has 1 saturated heterocycles. The minimum absolute atomic E-state index is 0.125. The molecule has 0 saturated carbocycles. The van der Waals surface area contributed by atoms with E-state index in [1.165, 1.54) is 11.3 Å². The number of piperazine rings is 1. The summed E-state index contributed by atoms with van der Waals surface area (Å²) in [5.41, 5.74) is 5.12. The van der Waals surface area contributed by atoms with Gasteiger partial charge in [-0.1, -0.05) is 24.3 Å². The molecule has 32 heavy (non-hydrogen) atoms. The second-order valence-corrected chi connectivity index (χ2v) is 8.38. The number of benzene rings is 2. The Bertz CT molecular complexity index is 1060. The normalized spacial score (nSPS) is 14.4. The minimum atomic E-state index is 0.125. The number of hydrogen-bond acceptors (Lipinski definition) is 6. The van der Waals surface area contributed by atoms with Gasteiger partial charge >= 0.3 is 0 Å². The fraction of sp³-hybridized carbons (Fsp3) is 0.346. The Labute approximate surface area is 189 Å². The van der Waals surface area contributed by atoms with Crippen LogP contribution in [0.2, 0.25) is 0 Å². The molecule has 0 radical (unpaired) electrons. The summed E-state index contributed by atoms with van der Waals surface area (Å²) in [5, 5.41) is 0. The van der Waals surface area contributed by atoms with Crippen LogP contribution in [0.3, 0.4) is 0 Å². The lowest BCUT2D eigenvalue weighted by molar-refractivity contribution is -0.117. The summed E-state index contributed by atoms with van der Waals surface area (Å²) < 4.78 is 5.24. The van der Waals surface area contributed by atoms with Crippen molar-refractivity contribution in [3.63, 3.8) is 0 Å². The highest BCUT2D eigenvalue weighted by Crippen LogP contribution is 2.20. The van der Waals surface area contributed by atoms with Crippen molar-refractivity contribution in [3.8, 4) is 5.75 Å². The number of hydrogen-bond donors (Lipinski definition) is 0. The molecule has 1 aliphatic heterocycles. The molecule has 166 valence electrons. The fourth-order valence-electron chi connectivity index (χ4n) is 4.05. The molecule has 1 fully saturated rings. The number of rotatable bonds is 8. The van der Waals surface area contributed by atoms with Crippen molar-refractivity contribution >= 4 is 11.5 Å². The van der Waals surface area contributed by atoms with Crippen molar-refractivity contribution in [2.45, 2.75) is 19.3 Å². The molecular formula is C26H30N4O2. The maximum atomic E-state index is 12.6. The maximum Gasteiger partial charge on any atom is 0.143 e. The molecule has 3 aromatic rings. The molecule has 0 bridgehead atoms. The van der Waals surface area contributed by atoms with E-state index in [0.717, 1.165) is 55.3 Å². The fourth-order valence-corrected chi connectivity index (χ4v) is 4.05. The van der Waals surface area contributed by atoms with Gasteiger partial charge in [0.2, 0.25) is 0 Å². The van der Waals surface area contributed by atoms with Crippen LogP contribution in [-0.2, 0) is 24.1 Å². The Morgan fingerprint density at radius 1 is 0.906 bits per heavy atom. The zero-order valence-corrected chi connectivity index (χ0v) is 18.8. The van der Waals surface area contributed by atoms with Crippen molar-refractivity contribution < 1.29 is 9.53 Å². The highest BCUT2D eigenvalue weighted by atomic mass is 16.5. The third kappa shape index (κ3) is 5.92. The number of nitrogens with zero attached hydrogens (tertiary/aromatic N) is 4. The summed E-state index contributed by atoms with van der Waals surface area (Å²) in [6.45, 7) is 4.27. The molecule has 2 heterocycles. The van der Waals surface area contributed by atoms with Crippen LogP contribution in [0.1, 0.15) is 22.5 Å². The standard InChI is InChI=1S/C26H30N4O2/c1-29-9-11-30(12-10-29)24-7-3-5-20(14-24)13-22-17-23(28-19-27-22)18-25(31)15-21-6-4-8-26(16-21)32-2/h3-8,14,16-17,19H,9-13,15,18H2,1-2H3. The van der Waals surface area contributed by atoms with Crippen molar-refractivity contribution in [3.05, 3.63) is 83.4 Å². The van der Waals surface area contributed by atoms with Crippen LogP contribution in [0.15, 0.2) is 60.9 Å². The second kappa shape index (κ2) is 10.4. The van der Waals surface area contributed by atoms with Gasteiger partial charge in [0.15, 0.2) is 0 Å². The number of carbonyl (C=O) groups excluding carboxylic acids is 1. The molecule has 0 atom stereocenters. The van der Waals surface area contributed by atoms with E-state index in [1.807, 2.05) is 30.3 Å². The van der Waals surface area contributed by atoms with Crippen LogP contribution >= 0.6 is 0 Å². The number of carbonyl (C=O) groups is 1. The summed E-state index contributed by atoms with van der Waals surface area (Å²) in [4.78, 5) is 26.1. The quantitative estimate of drug-likeness (QED) is 0.547. The SMILES string of the molecule is COc1cccc(CC(=O)Cc2cc(Cc3cccc(N4CCN(C)CC4)c3)ncn2)c1. The van der Waals surface area contributed by atoms with Gasteiger partial charge < -0.3 is 14.5 Å². The predicted octanol–water partition coefficient (Wildman–Crippen LogP) is 3.18. The number of likely N-dealkylation sites (N-methyl/N-ethyl adjacent to an activating group) is 1. The molecule has 1 aliphatic rings. The van der Waals surface area contributed by atoms with Gasteiger partial charge in [-0.2, -0.15) is 0 Å². The molecule has 2 aromatic carbocycles. The molecule has 0 unspecified atom stereocenters. The number of aromatic nitrogens is 2. The summed E-state index contributed by atoms with van der Waals surface area (Å²) in [5.74, 6) is 0.887. The highest BCUT2D eigenvalue weighted by molar-refractivity contribution is 5.82. The molecule has 0 aliphatic carbocycles. The van der Waals surface area contributed by atoms with E-state index in [0.29, 0.717) is 12.8 Å². The monoisotopic (exact) mass is 430 g/mol. The Balaban J connectivity index is 1.39. The first-order valence-corrected chi connectivity index (χ1v) is 11.1. The first-order chi connectivity index (χ1) is 15.6. The summed E-state index contributed by atoms with van der Waals surface area (Å²) in [6.07, 6.45) is 2.95. The van der Waals surface area contributed by atoms with Gasteiger partial charge in [-0.05, 0) is 48.5 Å². The molecule has 6 nitrogen and oxygen atoms in total. The van der Waals surface area contributed by atoms with Crippen LogP contribution in [0.4, 0.5) is 5.69 Å². The lowest BCUT2D eigenvalue weighted by atomic mass is 10.0. The molecule has 0 amide bonds. The third-order valence-corrected chi connectivity index (χ3v) is 5.86. The Morgan fingerprint density at radius 2 is 1.66 bits per heavy atom. The van der Waals surface area contributed by atoms with Crippen LogP contribution in [0.5, 0.6) is 5.75 Å². The molecule has 1 aromatic heterocycles. The Hall–Kier alpha value is -3.25. The number of ether oxygens (including phenoxy) is 1. The van der Waals surface area contributed by atoms with Crippen molar-refractivity contribution in [1.82, 2.24) is 14.9 Å². The Morgan fingerprint density at radius 3 is 2.47 bits per heavy atom. The smallest absolute Gasteiger partial charge is 0.143 e. The number of Topliss-reactive ketones (excluding diaryl/α,β-unsaturated/α-hetero) is 1. The average molecular weight is 431 g/mol. The van der Waals surface area contributed by atoms with Gasteiger partial charge in [-0.3, -0.25) is 4.79 Å². The van der Waals surface area contributed by atoms with Gasteiger partial charge in [0.1, 0.15) is 17.9 Å². The largest absolute Gasteiger partial charge is 0.497 e. The molecular weight excluding hydrogens is 400 g/mol. The zero-order valence-electron chi connectivity index (χ0n) is 18.8. The maximum absolute atomic E-state index is 12.6. The Kier molecular flexibility index (Phi) is 7.12. The lowest BCUT2D eigenvalue weighted by Crippen LogP contribution is -2.44. The highest BCUT2D eigenvalue weighted by Gasteiger charge is 2.15. The van der Waals surface area contributed by atoms with E-state index >= 15 is 0 Å². The average Bonchev–Trinajstić information content (AvgIpc) is 2.80. The van der Waals surface area contributed by atoms with Gasteiger partial charge in [0.05, 0.1) is 12.8 Å². The summed E-state index contributed by atoms with van der Waals surface area (Å²) >= 11 is 0. The summed E-state index contributed by atoms with van der Waals surface area (Å²) in [6, 6.07) is 18.3. The lowest BCUT2D eigenvalue weighted by Gasteiger charge is -2.34. The van der Waals surface area contributed by atoms with Gasteiger partial charge in [0.25, 0.3) is 0 Å². The predicted molar refractivity (Wildman–Crippen MR) is 126 cm³/mol. The van der Waals surface area contributed by atoms with Gasteiger partial charge in [0, 0.05) is 56.8 Å². The van der Waals surface area contributed by atoms with Crippen LogP contribution in [-0.4, -0.2) is 61.0 Å². The topological polar surface area (TPSA) is 58.6 Å².